The van der Waals surface area contributed by atoms with E-state index >= 15 is 0 Å². The van der Waals surface area contributed by atoms with E-state index in [9.17, 15) is 4.79 Å². The molecule has 33 heavy (non-hydrogen) atoms. The molecule has 1 amide bonds. The number of benzene rings is 2. The van der Waals surface area contributed by atoms with Crippen LogP contribution in [-0.4, -0.2) is 46.7 Å². The van der Waals surface area contributed by atoms with Crippen molar-refractivity contribution < 1.29 is 9.53 Å². The number of aromatic nitrogens is 3. The highest BCUT2D eigenvalue weighted by molar-refractivity contribution is 6.03. The summed E-state index contributed by atoms with van der Waals surface area (Å²) in [5.41, 5.74) is 4.08. The summed E-state index contributed by atoms with van der Waals surface area (Å²) < 4.78 is 7.33. The first-order valence-corrected chi connectivity index (χ1v) is 10.8. The van der Waals surface area contributed by atoms with Gasteiger partial charge in [-0.25, -0.2) is 9.97 Å². The smallest absolute Gasteiger partial charge is 0.274 e. The second-order valence-electron chi connectivity index (χ2n) is 7.65. The molecule has 0 saturated carbocycles. The molecule has 2 N–H and O–H groups in total. The van der Waals surface area contributed by atoms with Gasteiger partial charge in [-0.3, -0.25) is 4.79 Å². The first kappa shape index (κ1) is 20.7. The van der Waals surface area contributed by atoms with Gasteiger partial charge in [0.05, 0.1) is 19.5 Å². The number of hydrogen-bond acceptors (Lipinski definition) is 6. The summed E-state index contributed by atoms with van der Waals surface area (Å²) in [5, 5.41) is 6.17. The van der Waals surface area contributed by atoms with Crippen molar-refractivity contribution in [3.63, 3.8) is 0 Å². The molecule has 8 nitrogen and oxygen atoms in total. The molecule has 0 aliphatic carbocycles. The number of imidazole rings is 1. The molecule has 0 bridgehead atoms. The Balaban J connectivity index is 1.22. The first-order chi connectivity index (χ1) is 16.2. The molecule has 1 aliphatic heterocycles. The fourth-order valence-electron chi connectivity index (χ4n) is 3.68. The molecular formula is C25H24N6O2. The largest absolute Gasteiger partial charge is 0.378 e. The third-order valence-electron chi connectivity index (χ3n) is 5.43. The van der Waals surface area contributed by atoms with Gasteiger partial charge in [0.15, 0.2) is 0 Å². The zero-order valence-corrected chi connectivity index (χ0v) is 18.0. The van der Waals surface area contributed by atoms with E-state index < -0.39 is 0 Å². The van der Waals surface area contributed by atoms with Crippen molar-refractivity contribution in [1.82, 2.24) is 14.5 Å². The number of anilines is 4. The van der Waals surface area contributed by atoms with Gasteiger partial charge in [-0.15, -0.1) is 0 Å². The van der Waals surface area contributed by atoms with Crippen molar-refractivity contribution >= 4 is 28.8 Å². The molecular weight excluding hydrogens is 416 g/mol. The Labute approximate surface area is 191 Å². The second-order valence-corrected chi connectivity index (χ2v) is 7.65. The van der Waals surface area contributed by atoms with Crippen LogP contribution in [-0.2, 0) is 4.74 Å². The molecule has 1 aliphatic rings. The standard InChI is InChI=1S/C25H24N6O2/c32-25(28-20-6-8-21(9-7-20)30-14-16-33-17-15-30)23-2-1-3-24(29-23)27-19-4-10-22(11-5-19)31-13-12-26-18-31/h1-13,18H,14-17H2,(H,27,29)(H,28,32). The zero-order chi connectivity index (χ0) is 22.5. The molecule has 2 aromatic carbocycles. The molecule has 1 fully saturated rings. The highest BCUT2D eigenvalue weighted by Crippen LogP contribution is 2.20. The van der Waals surface area contributed by atoms with Crippen LogP contribution in [0.4, 0.5) is 22.9 Å². The van der Waals surface area contributed by atoms with Crippen molar-refractivity contribution in [3.05, 3.63) is 91.1 Å². The minimum atomic E-state index is -0.256. The SMILES string of the molecule is O=C(Nc1ccc(N2CCOCC2)cc1)c1cccc(Nc2ccc(-n3ccnc3)cc2)n1. The quantitative estimate of drug-likeness (QED) is 0.470. The Morgan fingerprint density at radius 2 is 1.61 bits per heavy atom. The number of morpholine rings is 1. The van der Waals surface area contributed by atoms with E-state index in [4.69, 9.17) is 4.74 Å². The fourth-order valence-corrected chi connectivity index (χ4v) is 3.68. The van der Waals surface area contributed by atoms with Crippen LogP contribution in [0.1, 0.15) is 10.5 Å². The maximum absolute atomic E-state index is 12.7. The van der Waals surface area contributed by atoms with Gasteiger partial charge in [0.2, 0.25) is 0 Å². The number of carbonyl (C=O) groups excluding carboxylic acids is 1. The van der Waals surface area contributed by atoms with Crippen molar-refractivity contribution in [2.45, 2.75) is 0 Å². The van der Waals surface area contributed by atoms with E-state index in [1.807, 2.05) is 71.4 Å². The van der Waals surface area contributed by atoms with Gasteiger partial charge in [0.25, 0.3) is 5.91 Å². The van der Waals surface area contributed by atoms with Crippen molar-refractivity contribution in [2.75, 3.05) is 41.8 Å². The lowest BCUT2D eigenvalue weighted by Crippen LogP contribution is -2.36. The highest BCUT2D eigenvalue weighted by atomic mass is 16.5. The summed E-state index contributed by atoms with van der Waals surface area (Å²) in [5.74, 6) is 0.342. The molecule has 5 rings (SSSR count). The average molecular weight is 441 g/mol. The number of rotatable bonds is 6. The van der Waals surface area contributed by atoms with Gasteiger partial charge in [0.1, 0.15) is 11.5 Å². The molecule has 0 atom stereocenters. The lowest BCUT2D eigenvalue weighted by molar-refractivity contribution is 0.102. The summed E-state index contributed by atoms with van der Waals surface area (Å²) in [6.07, 6.45) is 5.38. The molecule has 3 heterocycles. The highest BCUT2D eigenvalue weighted by Gasteiger charge is 2.12. The van der Waals surface area contributed by atoms with E-state index in [0.717, 1.165) is 49.1 Å². The van der Waals surface area contributed by atoms with Crippen LogP contribution >= 0.6 is 0 Å². The lowest BCUT2D eigenvalue weighted by Gasteiger charge is -2.28. The summed E-state index contributed by atoms with van der Waals surface area (Å²) in [4.78, 5) is 23.5. The molecule has 0 radical (unpaired) electrons. The molecule has 0 spiro atoms. The monoisotopic (exact) mass is 440 g/mol. The maximum atomic E-state index is 12.7. The van der Waals surface area contributed by atoms with E-state index in [2.05, 4.69) is 25.5 Å². The fraction of sp³-hybridized carbons (Fsp3) is 0.160. The lowest BCUT2D eigenvalue weighted by atomic mass is 10.2. The molecule has 8 heteroatoms. The van der Waals surface area contributed by atoms with Crippen molar-refractivity contribution in [1.29, 1.82) is 0 Å². The molecule has 2 aromatic heterocycles. The number of nitrogens with one attached hydrogen (secondary N) is 2. The normalized spacial score (nSPS) is 13.5. The minimum absolute atomic E-state index is 0.256. The van der Waals surface area contributed by atoms with E-state index in [-0.39, 0.29) is 5.91 Å². The Morgan fingerprint density at radius 1 is 0.879 bits per heavy atom. The number of pyridine rings is 1. The van der Waals surface area contributed by atoms with Gasteiger partial charge in [-0.1, -0.05) is 6.07 Å². The van der Waals surface area contributed by atoms with Crippen LogP contribution in [0.15, 0.2) is 85.5 Å². The Hall–Kier alpha value is -4.17. The number of carbonyl (C=O) groups is 1. The minimum Gasteiger partial charge on any atom is -0.378 e. The van der Waals surface area contributed by atoms with Crippen molar-refractivity contribution in [3.8, 4) is 5.69 Å². The van der Waals surface area contributed by atoms with E-state index in [1.165, 1.54) is 0 Å². The van der Waals surface area contributed by atoms with Crippen LogP contribution in [0.25, 0.3) is 5.69 Å². The van der Waals surface area contributed by atoms with Crippen molar-refractivity contribution in [2.24, 2.45) is 0 Å². The summed E-state index contributed by atoms with van der Waals surface area (Å²) in [6.45, 7) is 3.23. The number of ether oxygens (including phenoxy) is 1. The van der Waals surface area contributed by atoms with Crippen LogP contribution in [0.5, 0.6) is 0 Å². The van der Waals surface area contributed by atoms with Crippen LogP contribution in [0.2, 0.25) is 0 Å². The maximum Gasteiger partial charge on any atom is 0.274 e. The van der Waals surface area contributed by atoms with Gasteiger partial charge in [-0.05, 0) is 60.7 Å². The molecule has 166 valence electrons. The van der Waals surface area contributed by atoms with Crippen LogP contribution in [0.3, 0.4) is 0 Å². The number of hydrogen-bond donors (Lipinski definition) is 2. The molecule has 0 unspecified atom stereocenters. The van der Waals surface area contributed by atoms with Gasteiger partial charge >= 0.3 is 0 Å². The van der Waals surface area contributed by atoms with Crippen LogP contribution in [0, 0.1) is 0 Å². The van der Waals surface area contributed by atoms with Gasteiger partial charge in [0, 0.05) is 48.2 Å². The number of amides is 1. The summed E-state index contributed by atoms with van der Waals surface area (Å²) in [6, 6.07) is 21.1. The first-order valence-electron chi connectivity index (χ1n) is 10.8. The third-order valence-corrected chi connectivity index (χ3v) is 5.43. The van der Waals surface area contributed by atoms with Crippen LogP contribution < -0.4 is 15.5 Å². The zero-order valence-electron chi connectivity index (χ0n) is 18.0. The Kier molecular flexibility index (Phi) is 5.99. The summed E-state index contributed by atoms with van der Waals surface area (Å²) >= 11 is 0. The second kappa shape index (κ2) is 9.54. The number of nitrogens with zero attached hydrogens (tertiary/aromatic N) is 4. The van der Waals surface area contributed by atoms with E-state index in [0.29, 0.717) is 11.5 Å². The average Bonchev–Trinajstić information content (AvgIpc) is 3.41. The molecule has 4 aromatic rings. The van der Waals surface area contributed by atoms with Gasteiger partial charge < -0.3 is 24.8 Å². The topological polar surface area (TPSA) is 84.3 Å². The van der Waals surface area contributed by atoms with E-state index in [1.54, 1.807) is 18.6 Å². The predicted molar refractivity (Wildman–Crippen MR) is 129 cm³/mol. The predicted octanol–water partition coefficient (Wildman–Crippen LogP) is 4.10. The third kappa shape index (κ3) is 5.02. The Morgan fingerprint density at radius 3 is 2.33 bits per heavy atom. The molecule has 1 saturated heterocycles. The summed E-state index contributed by atoms with van der Waals surface area (Å²) in [7, 11) is 0. The van der Waals surface area contributed by atoms with Gasteiger partial charge in [-0.2, -0.15) is 0 Å². The Bertz CT molecular complexity index is 1200.